The van der Waals surface area contributed by atoms with Crippen molar-refractivity contribution in [1.82, 2.24) is 30.3 Å². The predicted octanol–water partition coefficient (Wildman–Crippen LogP) is 2.71. The van der Waals surface area contributed by atoms with Crippen LogP contribution >= 0.6 is 0 Å². The molecule has 2 bridgehead atoms. The van der Waals surface area contributed by atoms with Gasteiger partial charge in [0.05, 0.1) is 17.4 Å². The van der Waals surface area contributed by atoms with Gasteiger partial charge in [0.15, 0.2) is 5.69 Å². The van der Waals surface area contributed by atoms with Crippen LogP contribution in [0.5, 0.6) is 0 Å². The molecule has 0 radical (unpaired) electrons. The van der Waals surface area contributed by atoms with Crippen molar-refractivity contribution in [2.45, 2.75) is 63.5 Å². The number of fused-ring (bicyclic) bond motifs is 3. The number of rotatable bonds is 2. The van der Waals surface area contributed by atoms with Gasteiger partial charge < -0.3 is 26.6 Å². The lowest BCUT2D eigenvalue weighted by Gasteiger charge is -2.32. The van der Waals surface area contributed by atoms with Gasteiger partial charge in [-0.15, -0.1) is 0 Å². The van der Waals surface area contributed by atoms with Crippen molar-refractivity contribution in [3.63, 3.8) is 0 Å². The third-order valence-corrected chi connectivity index (χ3v) is 7.41. The number of amides is 4. The smallest absolute Gasteiger partial charge is 0.317 e. The molecule has 4 heterocycles. The minimum atomic E-state index is -0.462. The van der Waals surface area contributed by atoms with Crippen molar-refractivity contribution in [3.05, 3.63) is 47.7 Å². The summed E-state index contributed by atoms with van der Waals surface area (Å²) in [5.74, 6) is -0.799. The Morgan fingerprint density at radius 3 is 2.58 bits per heavy atom. The van der Waals surface area contributed by atoms with Crippen LogP contribution in [-0.4, -0.2) is 75.9 Å². The van der Waals surface area contributed by atoms with Crippen LogP contribution in [0, 0.1) is 0 Å². The van der Waals surface area contributed by atoms with E-state index in [0.717, 1.165) is 38.5 Å². The Hall–Kier alpha value is -4.22. The molecule has 4 amide bonds. The number of nitrogens with one attached hydrogen (secondary N) is 3. The maximum Gasteiger partial charge on any atom is 0.317 e. The lowest BCUT2D eigenvalue weighted by molar-refractivity contribution is 0.0947. The second-order valence-corrected chi connectivity index (χ2v) is 10.5. The lowest BCUT2D eigenvalue weighted by Crippen LogP contribution is -2.45. The maximum absolute atomic E-state index is 13.3. The molecular formula is C28H37N9O3. The van der Waals surface area contributed by atoms with E-state index in [9.17, 15) is 14.4 Å². The number of hydrogen-bond donors (Lipinski definition) is 4. The summed E-state index contributed by atoms with van der Waals surface area (Å²) in [6, 6.07) is 5.41. The summed E-state index contributed by atoms with van der Waals surface area (Å²) in [6.45, 7) is 2.38. The molecule has 0 aromatic carbocycles. The minimum absolute atomic E-state index is 0.00164. The predicted molar refractivity (Wildman–Crippen MR) is 152 cm³/mol. The van der Waals surface area contributed by atoms with E-state index < -0.39 is 5.91 Å². The summed E-state index contributed by atoms with van der Waals surface area (Å²) in [7, 11) is 0. The minimum Gasteiger partial charge on any atom is -0.404 e. The number of nitrogens with two attached hydrogens (primary N) is 1. The first kappa shape index (κ1) is 27.4. The molecule has 5 N–H and O–H groups in total. The van der Waals surface area contributed by atoms with Gasteiger partial charge in [-0.1, -0.05) is 18.9 Å². The summed E-state index contributed by atoms with van der Waals surface area (Å²) < 4.78 is 1.75. The van der Waals surface area contributed by atoms with Crippen LogP contribution in [0.4, 0.5) is 10.5 Å². The molecule has 0 atom stereocenters. The van der Waals surface area contributed by atoms with Crippen LogP contribution < -0.4 is 21.7 Å². The summed E-state index contributed by atoms with van der Waals surface area (Å²) in [5.41, 5.74) is 7.65. The molecule has 1 saturated carbocycles. The van der Waals surface area contributed by atoms with Gasteiger partial charge in [0.1, 0.15) is 5.69 Å². The zero-order valence-electron chi connectivity index (χ0n) is 22.6. The van der Waals surface area contributed by atoms with E-state index in [1.54, 1.807) is 35.3 Å². The molecule has 0 unspecified atom stereocenters. The van der Waals surface area contributed by atoms with Crippen molar-refractivity contribution in [1.29, 1.82) is 0 Å². The molecule has 1 aliphatic carbocycles. The van der Waals surface area contributed by atoms with Crippen molar-refractivity contribution in [2.24, 2.45) is 10.7 Å². The van der Waals surface area contributed by atoms with Crippen LogP contribution in [0.15, 0.2) is 35.6 Å². The first-order valence-corrected chi connectivity index (χ1v) is 14.1. The summed E-state index contributed by atoms with van der Waals surface area (Å²) in [4.78, 5) is 49.6. The number of anilines is 1. The Labute approximate surface area is 233 Å². The Morgan fingerprint density at radius 2 is 1.80 bits per heavy atom. The number of aliphatic imine (C=N–C) groups is 1. The number of urea groups is 1. The molecule has 2 aromatic heterocycles. The van der Waals surface area contributed by atoms with E-state index in [1.165, 1.54) is 6.20 Å². The van der Waals surface area contributed by atoms with E-state index in [1.807, 2.05) is 4.90 Å². The van der Waals surface area contributed by atoms with E-state index in [4.69, 9.17) is 5.73 Å². The molecule has 0 spiro atoms. The van der Waals surface area contributed by atoms with Gasteiger partial charge in [-0.3, -0.25) is 19.3 Å². The molecule has 12 heteroatoms. The molecule has 212 valence electrons. The van der Waals surface area contributed by atoms with Crippen LogP contribution in [-0.2, 0) is 0 Å². The number of hydrogen-bond acceptors (Lipinski definition) is 7. The molecule has 12 nitrogen and oxygen atoms in total. The fourth-order valence-electron chi connectivity index (χ4n) is 4.90. The SMILES string of the molecule is NC=C1C=NCCCCCCNC(=O)c2nn(C3CCN(C(=O)NC4CC4)CC3)cc2NC(=O)c2cccc1n2. The first-order chi connectivity index (χ1) is 19.5. The van der Waals surface area contributed by atoms with Gasteiger partial charge in [-0.2, -0.15) is 5.10 Å². The van der Waals surface area contributed by atoms with E-state index in [0.29, 0.717) is 62.0 Å². The highest BCUT2D eigenvalue weighted by atomic mass is 16.2. The van der Waals surface area contributed by atoms with Crippen molar-refractivity contribution < 1.29 is 14.4 Å². The van der Waals surface area contributed by atoms with Gasteiger partial charge >= 0.3 is 6.03 Å². The third kappa shape index (κ3) is 6.85. The largest absolute Gasteiger partial charge is 0.404 e. The molecule has 3 aliphatic rings. The maximum atomic E-state index is 13.3. The molecule has 5 rings (SSSR count). The van der Waals surface area contributed by atoms with Gasteiger partial charge in [-0.25, -0.2) is 9.78 Å². The van der Waals surface area contributed by atoms with E-state index in [-0.39, 0.29) is 29.4 Å². The Morgan fingerprint density at radius 1 is 1.02 bits per heavy atom. The van der Waals surface area contributed by atoms with Crippen LogP contribution in [0.1, 0.15) is 84.1 Å². The van der Waals surface area contributed by atoms with Crippen molar-refractivity contribution in [3.8, 4) is 0 Å². The van der Waals surface area contributed by atoms with Gasteiger partial charge in [0.2, 0.25) is 0 Å². The summed E-state index contributed by atoms with van der Waals surface area (Å²) in [5, 5.41) is 13.4. The quantitative estimate of drug-likeness (QED) is 0.452. The Balaban J connectivity index is 1.36. The van der Waals surface area contributed by atoms with E-state index >= 15 is 0 Å². The van der Waals surface area contributed by atoms with Gasteiger partial charge in [-0.05, 0) is 50.7 Å². The molecule has 1 saturated heterocycles. The number of pyridine rings is 1. The normalized spacial score (nSPS) is 20.7. The fourth-order valence-corrected chi connectivity index (χ4v) is 4.90. The Kier molecular flexibility index (Phi) is 8.72. The molecule has 2 aliphatic heterocycles. The lowest BCUT2D eigenvalue weighted by atomic mass is 10.1. The number of aromatic nitrogens is 3. The average Bonchev–Trinajstić information content (AvgIpc) is 3.69. The highest BCUT2D eigenvalue weighted by Crippen LogP contribution is 2.27. The molecule has 2 fully saturated rings. The second kappa shape index (κ2) is 12.8. The number of likely N-dealkylation sites (tertiary alicyclic amines) is 1. The highest BCUT2D eigenvalue weighted by molar-refractivity contribution is 6.10. The standard InChI is InChI=1S/C28H37N9O3/c29-16-19-17-30-12-3-1-2-4-13-31-27(39)25-24(34-26(38)23-7-5-6-22(19)33-23)18-37(35-25)21-10-14-36(15-11-21)28(40)32-20-8-9-20/h5-7,16-18,20-21H,1-4,8-15,29H2,(H,31,39)(H,32,40)(H,34,38). The van der Waals surface area contributed by atoms with Crippen molar-refractivity contribution in [2.75, 3.05) is 31.5 Å². The number of carbonyl (C=O) groups excluding carboxylic acids is 3. The van der Waals surface area contributed by atoms with Crippen LogP contribution in [0.3, 0.4) is 0 Å². The monoisotopic (exact) mass is 547 g/mol. The first-order valence-electron chi connectivity index (χ1n) is 14.1. The topological polar surface area (TPSA) is 160 Å². The average molecular weight is 548 g/mol. The van der Waals surface area contributed by atoms with Crippen LogP contribution in [0.2, 0.25) is 0 Å². The molecule has 2 aromatic rings. The Bertz CT molecular complexity index is 1290. The molecule has 40 heavy (non-hydrogen) atoms. The second-order valence-electron chi connectivity index (χ2n) is 10.5. The fraction of sp³-hybridized carbons (Fsp3) is 0.500. The summed E-state index contributed by atoms with van der Waals surface area (Å²) in [6.07, 6.45) is 12.0. The number of carbonyl (C=O) groups is 3. The van der Waals surface area contributed by atoms with Crippen molar-refractivity contribution >= 4 is 35.3 Å². The highest BCUT2D eigenvalue weighted by Gasteiger charge is 2.30. The number of piperidine rings is 1. The van der Waals surface area contributed by atoms with Gasteiger partial charge in [0, 0.05) is 56.4 Å². The summed E-state index contributed by atoms with van der Waals surface area (Å²) >= 11 is 0. The number of allylic oxidation sites excluding steroid dienone is 1. The molecular weight excluding hydrogens is 510 g/mol. The third-order valence-electron chi connectivity index (χ3n) is 7.41. The van der Waals surface area contributed by atoms with Gasteiger partial charge in [0.25, 0.3) is 11.8 Å². The zero-order chi connectivity index (χ0) is 27.9. The van der Waals surface area contributed by atoms with E-state index in [2.05, 4.69) is 31.0 Å². The number of nitrogens with zero attached hydrogens (tertiary/aromatic N) is 5. The van der Waals surface area contributed by atoms with Crippen LogP contribution in [0.25, 0.3) is 5.57 Å². The zero-order valence-corrected chi connectivity index (χ0v) is 22.6.